The fourth-order valence-electron chi connectivity index (χ4n) is 2.68. The van der Waals surface area contributed by atoms with E-state index in [9.17, 15) is 14.9 Å². The van der Waals surface area contributed by atoms with Gasteiger partial charge in [0.25, 0.3) is 11.6 Å². The van der Waals surface area contributed by atoms with Crippen LogP contribution < -0.4 is 5.32 Å². The molecule has 0 bridgehead atoms. The summed E-state index contributed by atoms with van der Waals surface area (Å²) < 4.78 is 1.86. The van der Waals surface area contributed by atoms with Crippen molar-refractivity contribution < 1.29 is 9.72 Å². The van der Waals surface area contributed by atoms with Gasteiger partial charge >= 0.3 is 0 Å². The molecule has 0 saturated carbocycles. The molecule has 1 N–H and O–H groups in total. The summed E-state index contributed by atoms with van der Waals surface area (Å²) >= 11 is 0. The molecule has 0 aliphatic rings. The van der Waals surface area contributed by atoms with E-state index >= 15 is 0 Å². The van der Waals surface area contributed by atoms with Gasteiger partial charge in [-0.05, 0) is 36.4 Å². The van der Waals surface area contributed by atoms with Gasteiger partial charge in [0.05, 0.1) is 27.8 Å². The third kappa shape index (κ3) is 3.23. The van der Waals surface area contributed by atoms with Crippen LogP contribution in [0.1, 0.15) is 10.4 Å². The molecule has 132 valence electrons. The fraction of sp³-hybridized carbons (Fsp3) is 0. The van der Waals surface area contributed by atoms with E-state index in [1.54, 1.807) is 24.7 Å². The number of para-hydroxylation sites is 2. The van der Waals surface area contributed by atoms with E-state index in [2.05, 4.69) is 15.3 Å². The van der Waals surface area contributed by atoms with Crippen LogP contribution in [0, 0.1) is 10.1 Å². The number of imidazole rings is 1. The number of carbonyl (C=O) groups is 1. The Morgan fingerprint density at radius 3 is 2.48 bits per heavy atom. The first kappa shape index (κ1) is 16.4. The van der Waals surface area contributed by atoms with E-state index in [0.29, 0.717) is 17.1 Å². The van der Waals surface area contributed by atoms with Crippen molar-refractivity contribution >= 4 is 28.3 Å². The molecule has 0 fully saturated rings. The Hall–Kier alpha value is -4.07. The normalized spacial score (nSPS) is 10.7. The minimum atomic E-state index is -0.510. The first-order chi connectivity index (χ1) is 13.1. The van der Waals surface area contributed by atoms with Gasteiger partial charge in [0.2, 0.25) is 0 Å². The van der Waals surface area contributed by atoms with Crippen molar-refractivity contribution in [3.63, 3.8) is 0 Å². The maximum atomic E-state index is 12.3. The van der Waals surface area contributed by atoms with Crippen molar-refractivity contribution in [3.05, 3.63) is 88.9 Å². The minimum Gasteiger partial charge on any atom is -0.321 e. The highest BCUT2D eigenvalue weighted by Gasteiger charge is 2.10. The molecule has 4 rings (SSSR count). The summed E-state index contributed by atoms with van der Waals surface area (Å²) in [6, 6.07) is 16.6. The second-order valence-corrected chi connectivity index (χ2v) is 5.77. The summed E-state index contributed by atoms with van der Waals surface area (Å²) in [5.41, 5.74) is 2.59. The van der Waals surface area contributed by atoms with Gasteiger partial charge in [-0.3, -0.25) is 19.5 Å². The predicted octanol–water partition coefficient (Wildman–Crippen LogP) is 3.58. The molecule has 0 radical (unpaired) electrons. The van der Waals surface area contributed by atoms with Crippen LogP contribution in [-0.4, -0.2) is 25.4 Å². The number of rotatable bonds is 4. The van der Waals surface area contributed by atoms with Crippen LogP contribution in [0.3, 0.4) is 0 Å². The van der Waals surface area contributed by atoms with Gasteiger partial charge in [0, 0.05) is 17.7 Å². The number of hydrogen-bond acceptors (Lipinski definition) is 5. The van der Waals surface area contributed by atoms with Crippen LogP contribution >= 0.6 is 0 Å². The zero-order chi connectivity index (χ0) is 18.8. The summed E-state index contributed by atoms with van der Waals surface area (Å²) in [4.78, 5) is 31.1. The molecular formula is C19H13N5O3. The van der Waals surface area contributed by atoms with E-state index in [1.165, 1.54) is 24.3 Å². The molecule has 0 aliphatic heterocycles. The maximum Gasteiger partial charge on any atom is 0.269 e. The Bertz CT molecular complexity index is 1130. The highest BCUT2D eigenvalue weighted by atomic mass is 16.6. The third-order valence-electron chi connectivity index (χ3n) is 4.05. The number of nitro groups is 1. The van der Waals surface area contributed by atoms with E-state index in [0.717, 1.165) is 11.0 Å². The van der Waals surface area contributed by atoms with Crippen molar-refractivity contribution in [2.45, 2.75) is 0 Å². The molecule has 4 aromatic rings. The van der Waals surface area contributed by atoms with Crippen molar-refractivity contribution in [1.29, 1.82) is 0 Å². The molecular weight excluding hydrogens is 346 g/mol. The fourth-order valence-corrected chi connectivity index (χ4v) is 2.68. The summed E-state index contributed by atoms with van der Waals surface area (Å²) in [6.07, 6.45) is 3.25. The lowest BCUT2D eigenvalue weighted by atomic mass is 10.2. The number of nitro benzene ring substituents is 1. The Morgan fingerprint density at radius 1 is 1.00 bits per heavy atom. The second-order valence-electron chi connectivity index (χ2n) is 5.77. The van der Waals surface area contributed by atoms with Crippen LogP contribution in [0.4, 0.5) is 11.4 Å². The van der Waals surface area contributed by atoms with Gasteiger partial charge in [-0.15, -0.1) is 0 Å². The number of carbonyl (C=O) groups excluding carboxylic acids is 1. The quantitative estimate of drug-likeness (QED) is 0.443. The zero-order valence-electron chi connectivity index (χ0n) is 13.9. The number of fused-ring (bicyclic) bond motifs is 1. The number of benzene rings is 2. The van der Waals surface area contributed by atoms with Gasteiger partial charge in [0.1, 0.15) is 12.1 Å². The standard InChI is InChI=1S/C19H13N5O3/c25-19(13-5-8-15(9-6-13)24(26)27)22-14-7-10-18(20-11-14)23-12-21-16-3-1-2-4-17(16)23/h1-12H,(H,22,25). The first-order valence-corrected chi connectivity index (χ1v) is 8.06. The maximum absolute atomic E-state index is 12.3. The number of nitrogens with one attached hydrogen (secondary N) is 1. The highest BCUT2D eigenvalue weighted by molar-refractivity contribution is 6.04. The minimum absolute atomic E-state index is 0.0647. The molecule has 8 nitrogen and oxygen atoms in total. The van der Waals surface area contributed by atoms with Gasteiger partial charge in [0.15, 0.2) is 0 Å². The van der Waals surface area contributed by atoms with Crippen LogP contribution in [0.15, 0.2) is 73.2 Å². The van der Waals surface area contributed by atoms with E-state index < -0.39 is 4.92 Å². The summed E-state index contributed by atoms with van der Waals surface area (Å²) in [6.45, 7) is 0. The summed E-state index contributed by atoms with van der Waals surface area (Å²) in [5, 5.41) is 13.4. The van der Waals surface area contributed by atoms with E-state index in [1.807, 2.05) is 28.8 Å². The Labute approximate surface area is 153 Å². The molecule has 0 aliphatic carbocycles. The van der Waals surface area contributed by atoms with Crippen LogP contribution in [-0.2, 0) is 0 Å². The second kappa shape index (κ2) is 6.68. The van der Waals surface area contributed by atoms with Gasteiger partial charge in [-0.1, -0.05) is 12.1 Å². The highest BCUT2D eigenvalue weighted by Crippen LogP contribution is 2.18. The van der Waals surface area contributed by atoms with Crippen molar-refractivity contribution in [2.75, 3.05) is 5.32 Å². The molecule has 0 unspecified atom stereocenters. The van der Waals surface area contributed by atoms with Gasteiger partial charge < -0.3 is 5.32 Å². The first-order valence-electron chi connectivity index (χ1n) is 8.06. The number of pyridine rings is 1. The van der Waals surface area contributed by atoms with Crippen LogP contribution in [0.25, 0.3) is 16.9 Å². The Morgan fingerprint density at radius 2 is 1.78 bits per heavy atom. The van der Waals surface area contributed by atoms with E-state index in [4.69, 9.17) is 0 Å². The number of aromatic nitrogens is 3. The molecule has 0 spiro atoms. The number of nitrogens with zero attached hydrogens (tertiary/aromatic N) is 4. The number of hydrogen-bond donors (Lipinski definition) is 1. The lowest BCUT2D eigenvalue weighted by molar-refractivity contribution is -0.384. The molecule has 8 heteroatoms. The Kier molecular flexibility index (Phi) is 4.06. The molecule has 2 aromatic heterocycles. The largest absolute Gasteiger partial charge is 0.321 e. The summed E-state index contributed by atoms with van der Waals surface area (Å²) in [7, 11) is 0. The van der Waals surface area contributed by atoms with Crippen LogP contribution in [0.5, 0.6) is 0 Å². The smallest absolute Gasteiger partial charge is 0.269 e. The van der Waals surface area contributed by atoms with E-state index in [-0.39, 0.29) is 11.6 Å². The molecule has 2 heterocycles. The lowest BCUT2D eigenvalue weighted by Gasteiger charge is -2.07. The molecule has 2 aromatic carbocycles. The predicted molar refractivity (Wildman–Crippen MR) is 99.9 cm³/mol. The zero-order valence-corrected chi connectivity index (χ0v) is 13.9. The number of non-ortho nitro benzene ring substituents is 1. The topological polar surface area (TPSA) is 103 Å². The third-order valence-corrected chi connectivity index (χ3v) is 4.05. The number of amides is 1. The monoisotopic (exact) mass is 359 g/mol. The average Bonchev–Trinajstić information content (AvgIpc) is 3.13. The SMILES string of the molecule is O=C(Nc1ccc(-n2cnc3ccccc32)nc1)c1ccc([N+](=O)[O-])cc1. The van der Waals surface area contributed by atoms with Gasteiger partial charge in [-0.2, -0.15) is 0 Å². The average molecular weight is 359 g/mol. The van der Waals surface area contributed by atoms with Crippen molar-refractivity contribution in [2.24, 2.45) is 0 Å². The van der Waals surface area contributed by atoms with Crippen LogP contribution in [0.2, 0.25) is 0 Å². The van der Waals surface area contributed by atoms with Crippen molar-refractivity contribution in [1.82, 2.24) is 14.5 Å². The molecule has 1 amide bonds. The molecule has 27 heavy (non-hydrogen) atoms. The summed E-state index contributed by atoms with van der Waals surface area (Å²) in [5.74, 6) is 0.310. The number of anilines is 1. The lowest BCUT2D eigenvalue weighted by Crippen LogP contribution is -2.12. The molecule has 0 saturated heterocycles. The molecule has 0 atom stereocenters. The van der Waals surface area contributed by atoms with Crippen molar-refractivity contribution in [3.8, 4) is 5.82 Å². The van der Waals surface area contributed by atoms with Gasteiger partial charge in [-0.25, -0.2) is 9.97 Å². The Balaban J connectivity index is 1.52.